The van der Waals surface area contributed by atoms with Crippen LogP contribution in [0.3, 0.4) is 0 Å². The van der Waals surface area contributed by atoms with Crippen LogP contribution in [0.1, 0.15) is 31.2 Å². The number of carbonyl (C=O) groups excluding carboxylic acids is 2. The molecule has 0 saturated heterocycles. The molecule has 1 aliphatic heterocycles. The number of hydrogen-bond acceptors (Lipinski definition) is 4. The monoisotopic (exact) mass is 389 g/mol. The Hall–Kier alpha value is -2.86. The van der Waals surface area contributed by atoms with Crippen molar-refractivity contribution >= 4 is 40.3 Å². The Kier molecular flexibility index (Phi) is 4.28. The number of thioether (sulfide) groups is 1. The molecular formula is C22H19N3O2S. The van der Waals surface area contributed by atoms with Gasteiger partial charge in [-0.3, -0.25) is 9.59 Å². The Morgan fingerprint density at radius 2 is 1.68 bits per heavy atom. The molecule has 2 heterocycles. The third-order valence-electron chi connectivity index (χ3n) is 5.31. The summed E-state index contributed by atoms with van der Waals surface area (Å²) in [6, 6.07) is 15.8. The van der Waals surface area contributed by atoms with Crippen LogP contribution in [0.4, 0.5) is 5.69 Å². The van der Waals surface area contributed by atoms with Gasteiger partial charge in [0.15, 0.2) is 5.16 Å². The minimum Gasteiger partial charge on any atom is -0.333 e. The van der Waals surface area contributed by atoms with Crippen LogP contribution in [0.15, 0.2) is 64.8 Å². The normalized spacial score (nSPS) is 16.9. The van der Waals surface area contributed by atoms with Gasteiger partial charge in [0, 0.05) is 16.9 Å². The summed E-state index contributed by atoms with van der Waals surface area (Å²) in [6.45, 7) is 0. The van der Waals surface area contributed by atoms with Gasteiger partial charge in [0.25, 0.3) is 11.8 Å². The second-order valence-corrected chi connectivity index (χ2v) is 8.09. The van der Waals surface area contributed by atoms with Crippen LogP contribution in [-0.2, 0) is 15.3 Å². The summed E-state index contributed by atoms with van der Waals surface area (Å²) >= 11 is 1.63. The number of H-pyrrole nitrogens is 1. The third kappa shape index (κ3) is 2.94. The Morgan fingerprint density at radius 1 is 0.964 bits per heavy atom. The van der Waals surface area contributed by atoms with Gasteiger partial charge in [-0.25, -0.2) is 9.88 Å². The molecule has 2 aliphatic rings. The van der Waals surface area contributed by atoms with Crippen LogP contribution >= 0.6 is 11.8 Å². The minimum absolute atomic E-state index is 0.155. The molecule has 6 heteroatoms. The fraction of sp³-hybridized carbons (Fsp3) is 0.227. The van der Waals surface area contributed by atoms with E-state index in [2.05, 4.69) is 22.1 Å². The number of rotatable bonds is 4. The van der Waals surface area contributed by atoms with Crippen LogP contribution in [0.5, 0.6) is 0 Å². The fourth-order valence-corrected chi connectivity index (χ4v) is 4.72. The number of benzene rings is 2. The second kappa shape index (κ2) is 6.95. The molecule has 2 aromatic carbocycles. The summed E-state index contributed by atoms with van der Waals surface area (Å²) in [4.78, 5) is 34.8. The first-order valence-corrected chi connectivity index (χ1v) is 10.5. The molecule has 5 rings (SSSR count). The molecule has 0 saturated carbocycles. The summed E-state index contributed by atoms with van der Waals surface area (Å²) < 4.78 is 0. The molecule has 5 nitrogen and oxygen atoms in total. The number of imidazole rings is 1. The van der Waals surface area contributed by atoms with E-state index in [0.29, 0.717) is 29.7 Å². The molecule has 0 radical (unpaired) electrons. The lowest BCUT2D eigenvalue weighted by atomic mass is 9.93. The zero-order chi connectivity index (χ0) is 19.1. The number of hydrogen-bond donors (Lipinski definition) is 1. The molecule has 1 aromatic heterocycles. The molecular weight excluding hydrogens is 370 g/mol. The number of carbonyl (C=O) groups is 2. The highest BCUT2D eigenvalue weighted by atomic mass is 32.2. The Balaban J connectivity index is 1.40. The van der Waals surface area contributed by atoms with E-state index in [4.69, 9.17) is 0 Å². The van der Waals surface area contributed by atoms with Gasteiger partial charge in [-0.05, 0) is 49.4 Å². The van der Waals surface area contributed by atoms with Crippen molar-refractivity contribution in [3.63, 3.8) is 0 Å². The van der Waals surface area contributed by atoms with E-state index in [9.17, 15) is 9.59 Å². The highest BCUT2D eigenvalue weighted by Crippen LogP contribution is 2.36. The lowest BCUT2D eigenvalue weighted by Crippen LogP contribution is -2.31. The molecule has 28 heavy (non-hydrogen) atoms. The average Bonchev–Trinajstić information content (AvgIpc) is 3.25. The van der Waals surface area contributed by atoms with E-state index in [0.717, 1.165) is 34.8 Å². The standard InChI is InChI=1S/C22H19N3O2S/c26-20-16-8-4-5-9-17(16)21(27)25(20)15-10-11-18-19(12-15)24-22(23-18)28-13-14-6-2-1-3-7-14/h1-3,6-7,10-12H,4-5,8-9,13H2,(H,23,24). The van der Waals surface area contributed by atoms with Crippen molar-refractivity contribution in [2.45, 2.75) is 36.6 Å². The first kappa shape index (κ1) is 17.3. The lowest BCUT2D eigenvalue weighted by Gasteiger charge is -2.14. The van der Waals surface area contributed by atoms with Gasteiger partial charge in [0.2, 0.25) is 0 Å². The lowest BCUT2D eigenvalue weighted by molar-refractivity contribution is -0.120. The zero-order valence-corrected chi connectivity index (χ0v) is 16.1. The Bertz CT molecular complexity index is 1090. The number of amides is 2. The molecule has 0 fully saturated rings. The van der Waals surface area contributed by atoms with E-state index in [1.807, 2.05) is 36.4 Å². The molecule has 0 bridgehead atoms. The molecule has 0 unspecified atom stereocenters. The van der Waals surface area contributed by atoms with Crippen molar-refractivity contribution in [1.82, 2.24) is 9.97 Å². The quantitative estimate of drug-likeness (QED) is 0.523. The minimum atomic E-state index is -0.155. The van der Waals surface area contributed by atoms with Gasteiger partial charge in [0.1, 0.15) is 0 Å². The number of imide groups is 1. The molecule has 1 aliphatic carbocycles. The summed E-state index contributed by atoms with van der Waals surface area (Å²) in [5.41, 5.74) is 4.92. The van der Waals surface area contributed by atoms with Crippen molar-refractivity contribution in [2.24, 2.45) is 0 Å². The van der Waals surface area contributed by atoms with Gasteiger partial charge in [-0.15, -0.1) is 0 Å². The van der Waals surface area contributed by atoms with E-state index in [-0.39, 0.29) is 11.8 Å². The molecule has 1 N–H and O–H groups in total. The number of nitrogens with zero attached hydrogens (tertiary/aromatic N) is 2. The second-order valence-electron chi connectivity index (χ2n) is 7.13. The number of anilines is 1. The van der Waals surface area contributed by atoms with Crippen molar-refractivity contribution in [1.29, 1.82) is 0 Å². The summed E-state index contributed by atoms with van der Waals surface area (Å²) in [6.07, 6.45) is 3.38. The third-order valence-corrected chi connectivity index (χ3v) is 6.26. The van der Waals surface area contributed by atoms with E-state index >= 15 is 0 Å². The van der Waals surface area contributed by atoms with Gasteiger partial charge in [0.05, 0.1) is 16.7 Å². The highest BCUT2D eigenvalue weighted by molar-refractivity contribution is 7.98. The molecule has 140 valence electrons. The Labute approximate surface area is 166 Å². The Morgan fingerprint density at radius 3 is 2.39 bits per heavy atom. The van der Waals surface area contributed by atoms with E-state index < -0.39 is 0 Å². The van der Waals surface area contributed by atoms with E-state index in [1.165, 1.54) is 10.5 Å². The molecule has 0 atom stereocenters. The number of nitrogens with one attached hydrogen (secondary N) is 1. The average molecular weight is 389 g/mol. The summed E-state index contributed by atoms with van der Waals surface area (Å²) in [5, 5.41) is 0.826. The number of aromatic nitrogens is 2. The topological polar surface area (TPSA) is 66.1 Å². The predicted molar refractivity (Wildman–Crippen MR) is 110 cm³/mol. The first-order valence-electron chi connectivity index (χ1n) is 9.48. The van der Waals surface area contributed by atoms with Gasteiger partial charge < -0.3 is 4.98 Å². The maximum absolute atomic E-state index is 12.8. The van der Waals surface area contributed by atoms with Gasteiger partial charge >= 0.3 is 0 Å². The maximum Gasteiger partial charge on any atom is 0.261 e. The van der Waals surface area contributed by atoms with E-state index in [1.54, 1.807) is 11.8 Å². The molecule has 3 aromatic rings. The van der Waals surface area contributed by atoms with Crippen LogP contribution in [0, 0.1) is 0 Å². The number of aromatic amines is 1. The van der Waals surface area contributed by atoms with Crippen molar-refractivity contribution in [2.75, 3.05) is 4.90 Å². The van der Waals surface area contributed by atoms with Crippen molar-refractivity contribution in [3.05, 3.63) is 65.2 Å². The van der Waals surface area contributed by atoms with Crippen molar-refractivity contribution < 1.29 is 9.59 Å². The molecule has 2 amide bonds. The summed E-state index contributed by atoms with van der Waals surface area (Å²) in [5.74, 6) is 0.516. The van der Waals surface area contributed by atoms with Crippen molar-refractivity contribution in [3.8, 4) is 0 Å². The van der Waals surface area contributed by atoms with Crippen LogP contribution in [0.2, 0.25) is 0 Å². The first-order chi connectivity index (χ1) is 13.7. The van der Waals surface area contributed by atoms with Crippen LogP contribution in [-0.4, -0.2) is 21.8 Å². The number of fused-ring (bicyclic) bond motifs is 1. The fourth-order valence-electron chi connectivity index (χ4n) is 3.88. The van der Waals surface area contributed by atoms with Gasteiger partial charge in [-0.2, -0.15) is 0 Å². The largest absolute Gasteiger partial charge is 0.333 e. The van der Waals surface area contributed by atoms with Crippen LogP contribution in [0.25, 0.3) is 11.0 Å². The smallest absolute Gasteiger partial charge is 0.261 e. The van der Waals surface area contributed by atoms with Gasteiger partial charge in [-0.1, -0.05) is 42.1 Å². The summed E-state index contributed by atoms with van der Waals surface area (Å²) in [7, 11) is 0. The highest BCUT2D eigenvalue weighted by Gasteiger charge is 2.39. The molecule has 0 spiro atoms. The predicted octanol–water partition coefficient (Wildman–Crippen LogP) is 4.60. The SMILES string of the molecule is O=C1C2=C(CCCC2)C(=O)N1c1ccc2nc(SCc3ccccc3)[nH]c2c1. The van der Waals surface area contributed by atoms with Crippen LogP contribution < -0.4 is 4.90 Å². The maximum atomic E-state index is 12.8. The zero-order valence-electron chi connectivity index (χ0n) is 15.3.